The van der Waals surface area contributed by atoms with Crippen LogP contribution >= 0.6 is 0 Å². The van der Waals surface area contributed by atoms with Crippen molar-refractivity contribution in [1.29, 1.82) is 0 Å². The molecule has 0 spiro atoms. The fourth-order valence-electron chi connectivity index (χ4n) is 5.62. The maximum atomic E-state index is 13.6. The van der Waals surface area contributed by atoms with Crippen molar-refractivity contribution in [1.82, 2.24) is 19.3 Å². The molecule has 1 aromatic heterocycles. The van der Waals surface area contributed by atoms with Gasteiger partial charge in [0.15, 0.2) is 0 Å². The van der Waals surface area contributed by atoms with Gasteiger partial charge in [0.25, 0.3) is 0 Å². The average Bonchev–Trinajstić information content (AvgIpc) is 3.23. The van der Waals surface area contributed by atoms with E-state index in [1.807, 2.05) is 25.2 Å². The Bertz CT molecular complexity index is 1410. The van der Waals surface area contributed by atoms with E-state index >= 15 is 0 Å². The summed E-state index contributed by atoms with van der Waals surface area (Å²) in [4.78, 5) is 32.4. The summed E-state index contributed by atoms with van der Waals surface area (Å²) in [6, 6.07) is 26.8. The van der Waals surface area contributed by atoms with Gasteiger partial charge in [0.2, 0.25) is 11.8 Å². The lowest BCUT2D eigenvalue weighted by Gasteiger charge is -2.46. The maximum Gasteiger partial charge on any atom is 0.247 e. The summed E-state index contributed by atoms with van der Waals surface area (Å²) in [5.74, 6) is 0.0957. The van der Waals surface area contributed by atoms with Gasteiger partial charge in [-0.1, -0.05) is 72.8 Å². The predicted molar refractivity (Wildman–Crippen MR) is 141 cm³/mol. The van der Waals surface area contributed by atoms with Gasteiger partial charge in [-0.2, -0.15) is 0 Å². The van der Waals surface area contributed by atoms with E-state index in [-0.39, 0.29) is 18.4 Å². The van der Waals surface area contributed by atoms with Crippen LogP contribution in [0.3, 0.4) is 0 Å². The number of hydrogen-bond donors (Lipinski definition) is 0. The first-order valence-electron chi connectivity index (χ1n) is 12.5. The van der Waals surface area contributed by atoms with Gasteiger partial charge in [0.05, 0.1) is 0 Å². The second kappa shape index (κ2) is 9.28. The van der Waals surface area contributed by atoms with Crippen LogP contribution in [0.5, 0.6) is 0 Å². The second-order valence-corrected chi connectivity index (χ2v) is 9.88. The first-order valence-corrected chi connectivity index (χ1v) is 12.5. The smallest absolute Gasteiger partial charge is 0.247 e. The highest BCUT2D eigenvalue weighted by molar-refractivity contribution is 5.95. The van der Waals surface area contributed by atoms with Crippen LogP contribution in [-0.4, -0.2) is 63.3 Å². The number of benzene rings is 3. The van der Waals surface area contributed by atoms with E-state index in [1.54, 1.807) is 9.80 Å². The van der Waals surface area contributed by atoms with Gasteiger partial charge in [-0.05, 0) is 28.3 Å². The minimum Gasteiger partial charge on any atom is -0.350 e. The quantitative estimate of drug-likeness (QED) is 0.437. The van der Waals surface area contributed by atoms with Crippen LogP contribution in [0.1, 0.15) is 11.1 Å². The van der Waals surface area contributed by atoms with E-state index in [0.29, 0.717) is 19.6 Å². The molecule has 3 heterocycles. The Kier molecular flexibility index (Phi) is 5.82. The average molecular weight is 479 g/mol. The third kappa shape index (κ3) is 4.18. The lowest BCUT2D eigenvalue weighted by molar-refractivity contribution is -0.160. The highest BCUT2D eigenvalue weighted by Crippen LogP contribution is 2.26. The van der Waals surface area contributed by atoms with Crippen LogP contribution in [0.25, 0.3) is 22.0 Å². The minimum atomic E-state index is -0.418. The van der Waals surface area contributed by atoms with Crippen molar-refractivity contribution in [3.63, 3.8) is 0 Å². The molecule has 3 aromatic carbocycles. The number of carbonyl (C=O) groups is 2. The molecule has 6 heteroatoms. The molecule has 0 saturated carbocycles. The monoisotopic (exact) mass is 478 g/mol. The van der Waals surface area contributed by atoms with E-state index in [0.717, 1.165) is 29.6 Å². The first kappa shape index (κ1) is 22.6. The third-order valence-corrected chi connectivity index (χ3v) is 7.52. The lowest BCUT2D eigenvalue weighted by Crippen LogP contribution is -2.66. The van der Waals surface area contributed by atoms with Crippen molar-refractivity contribution in [2.24, 2.45) is 7.05 Å². The Morgan fingerprint density at radius 1 is 0.806 bits per heavy atom. The van der Waals surface area contributed by atoms with Gasteiger partial charge in [-0.15, -0.1) is 0 Å². The van der Waals surface area contributed by atoms with Gasteiger partial charge in [-0.3, -0.25) is 14.5 Å². The van der Waals surface area contributed by atoms with Crippen molar-refractivity contribution >= 4 is 22.7 Å². The first-order chi connectivity index (χ1) is 17.6. The molecule has 0 bridgehead atoms. The second-order valence-electron chi connectivity index (χ2n) is 9.88. The largest absolute Gasteiger partial charge is 0.350 e. The maximum absolute atomic E-state index is 13.6. The SMILES string of the molecule is Cn1cc(CN2CC(=O)N3CCN(Cc4ccc(-c5ccccc5)cc4)CC3C2=O)c2ccccc21. The molecule has 2 aliphatic rings. The van der Waals surface area contributed by atoms with E-state index in [9.17, 15) is 9.59 Å². The molecule has 4 aromatic rings. The fourth-order valence-corrected chi connectivity index (χ4v) is 5.62. The normalized spacial score (nSPS) is 18.6. The predicted octanol–water partition coefficient (Wildman–Crippen LogP) is 3.90. The molecule has 0 aliphatic carbocycles. The Labute approximate surface area is 211 Å². The molecule has 182 valence electrons. The molecule has 1 unspecified atom stereocenters. The number of aromatic nitrogens is 1. The van der Waals surface area contributed by atoms with Gasteiger partial charge in [0, 0.05) is 56.9 Å². The molecule has 0 radical (unpaired) electrons. The fraction of sp³-hybridized carbons (Fsp3) is 0.267. The van der Waals surface area contributed by atoms with Crippen molar-refractivity contribution in [2.45, 2.75) is 19.1 Å². The topological polar surface area (TPSA) is 48.8 Å². The summed E-state index contributed by atoms with van der Waals surface area (Å²) < 4.78 is 2.08. The van der Waals surface area contributed by atoms with Crippen LogP contribution < -0.4 is 0 Å². The number of amides is 2. The standard InChI is InChI=1S/C30H30N4O2/c1-31-18-25(26-9-5-6-10-27(26)31)19-33-21-29(35)34-16-15-32(20-28(34)30(33)36)17-22-11-13-24(14-12-22)23-7-3-2-4-8-23/h2-14,18,28H,15-17,19-21H2,1H3. The molecule has 2 aliphatic heterocycles. The van der Waals surface area contributed by atoms with Crippen molar-refractivity contribution < 1.29 is 9.59 Å². The molecule has 6 nitrogen and oxygen atoms in total. The number of aryl methyl sites for hydroxylation is 1. The van der Waals surface area contributed by atoms with Crippen LogP contribution in [0.15, 0.2) is 85.1 Å². The highest BCUT2D eigenvalue weighted by atomic mass is 16.2. The van der Waals surface area contributed by atoms with Gasteiger partial charge < -0.3 is 14.4 Å². The molecule has 0 N–H and O–H groups in total. The molecular formula is C30H30N4O2. The lowest BCUT2D eigenvalue weighted by atomic mass is 10.0. The zero-order valence-corrected chi connectivity index (χ0v) is 20.5. The molecular weight excluding hydrogens is 448 g/mol. The zero-order chi connectivity index (χ0) is 24.6. The molecule has 6 rings (SSSR count). The number of piperazine rings is 2. The molecule has 1 atom stereocenters. The number of rotatable bonds is 5. The Hall–Kier alpha value is -3.90. The summed E-state index contributed by atoms with van der Waals surface area (Å²) in [6.45, 7) is 3.32. The summed E-state index contributed by atoms with van der Waals surface area (Å²) in [5.41, 5.74) is 5.82. The molecule has 2 amide bonds. The summed E-state index contributed by atoms with van der Waals surface area (Å²) >= 11 is 0. The number of para-hydroxylation sites is 1. The Balaban J connectivity index is 1.15. The van der Waals surface area contributed by atoms with Crippen molar-refractivity contribution in [2.75, 3.05) is 26.2 Å². The van der Waals surface area contributed by atoms with Gasteiger partial charge in [-0.25, -0.2) is 0 Å². The number of hydrogen-bond acceptors (Lipinski definition) is 3. The molecule has 2 saturated heterocycles. The molecule has 36 heavy (non-hydrogen) atoms. The van der Waals surface area contributed by atoms with Gasteiger partial charge in [0.1, 0.15) is 12.6 Å². The van der Waals surface area contributed by atoms with Crippen LogP contribution in [0, 0.1) is 0 Å². The van der Waals surface area contributed by atoms with E-state index in [1.165, 1.54) is 16.7 Å². The van der Waals surface area contributed by atoms with Crippen molar-refractivity contribution in [3.8, 4) is 11.1 Å². The summed E-state index contributed by atoms with van der Waals surface area (Å²) in [7, 11) is 2.02. The Morgan fingerprint density at radius 3 is 2.33 bits per heavy atom. The zero-order valence-electron chi connectivity index (χ0n) is 20.5. The van der Waals surface area contributed by atoms with Gasteiger partial charge >= 0.3 is 0 Å². The minimum absolute atomic E-state index is 0.0478. The number of nitrogens with zero attached hydrogens (tertiary/aromatic N) is 4. The highest BCUT2D eigenvalue weighted by Gasteiger charge is 2.42. The van der Waals surface area contributed by atoms with E-state index in [2.05, 4.69) is 76.3 Å². The van der Waals surface area contributed by atoms with Crippen LogP contribution in [-0.2, 0) is 29.7 Å². The number of fused-ring (bicyclic) bond motifs is 2. The summed E-state index contributed by atoms with van der Waals surface area (Å²) in [6.07, 6.45) is 2.07. The molecule has 2 fully saturated rings. The van der Waals surface area contributed by atoms with E-state index < -0.39 is 6.04 Å². The Morgan fingerprint density at radius 2 is 1.53 bits per heavy atom. The van der Waals surface area contributed by atoms with Crippen LogP contribution in [0.4, 0.5) is 0 Å². The van der Waals surface area contributed by atoms with E-state index in [4.69, 9.17) is 0 Å². The third-order valence-electron chi connectivity index (χ3n) is 7.52. The number of carbonyl (C=O) groups excluding carboxylic acids is 2. The summed E-state index contributed by atoms with van der Waals surface area (Å²) in [5, 5.41) is 1.13. The van der Waals surface area contributed by atoms with Crippen molar-refractivity contribution in [3.05, 3.63) is 96.2 Å². The van der Waals surface area contributed by atoms with Crippen LogP contribution in [0.2, 0.25) is 0 Å².